The average molecular weight is 246 g/mol. The largest absolute Gasteiger partial charge is 0.527 e. The van der Waals surface area contributed by atoms with Crippen LogP contribution in [0.15, 0.2) is 24.3 Å². The molecular weight excluding hydrogens is 231 g/mol. The fourth-order valence-corrected chi connectivity index (χ4v) is 1.79. The first-order valence-corrected chi connectivity index (χ1v) is 6.49. The Hall–Kier alpha value is -1.03. The topological polar surface area (TPSA) is 76.0 Å². The Morgan fingerprint density at radius 2 is 1.94 bits per heavy atom. The number of phenols is 1. The highest BCUT2D eigenvalue weighted by atomic mass is 31.2. The molecule has 0 bridgehead atoms. The van der Waals surface area contributed by atoms with E-state index in [1.165, 1.54) is 24.3 Å². The van der Waals surface area contributed by atoms with Gasteiger partial charge >= 0.3 is 7.82 Å². The second kappa shape index (κ2) is 5.89. The van der Waals surface area contributed by atoms with Crippen LogP contribution in [0.3, 0.4) is 0 Å². The molecule has 16 heavy (non-hydrogen) atoms. The third-order valence-electron chi connectivity index (χ3n) is 1.81. The lowest BCUT2D eigenvalue weighted by Crippen LogP contribution is -1.98. The minimum absolute atomic E-state index is 0.0621. The van der Waals surface area contributed by atoms with Gasteiger partial charge in [0.05, 0.1) is 6.61 Å². The number of phenolic OH excluding ortho intramolecular Hbond substituents is 1. The van der Waals surface area contributed by atoms with Crippen LogP contribution in [0.25, 0.3) is 0 Å². The van der Waals surface area contributed by atoms with E-state index in [1.54, 1.807) is 0 Å². The van der Waals surface area contributed by atoms with Gasteiger partial charge in [0.25, 0.3) is 0 Å². The normalized spacial score (nSPS) is 14.4. The van der Waals surface area contributed by atoms with Crippen LogP contribution < -0.4 is 4.52 Å². The minimum Gasteiger partial charge on any atom is -0.508 e. The van der Waals surface area contributed by atoms with Crippen molar-refractivity contribution in [2.45, 2.75) is 19.8 Å². The van der Waals surface area contributed by atoms with Crippen molar-refractivity contribution in [3.63, 3.8) is 0 Å². The summed E-state index contributed by atoms with van der Waals surface area (Å²) in [5, 5.41) is 9.01. The van der Waals surface area contributed by atoms with E-state index in [1.807, 2.05) is 6.92 Å². The molecule has 0 radical (unpaired) electrons. The predicted molar refractivity (Wildman–Crippen MR) is 59.4 cm³/mol. The van der Waals surface area contributed by atoms with Crippen molar-refractivity contribution in [1.29, 1.82) is 0 Å². The van der Waals surface area contributed by atoms with E-state index in [0.29, 0.717) is 6.42 Å². The van der Waals surface area contributed by atoms with Crippen LogP contribution in [0.1, 0.15) is 19.8 Å². The van der Waals surface area contributed by atoms with E-state index >= 15 is 0 Å². The molecule has 0 heterocycles. The van der Waals surface area contributed by atoms with Gasteiger partial charge in [-0.3, -0.25) is 9.42 Å². The SMILES string of the molecule is CCCCOP(=O)(O)Oc1ccc(O)cc1. The second-order valence-electron chi connectivity index (χ2n) is 3.24. The Balaban J connectivity index is 2.51. The molecule has 0 spiro atoms. The molecule has 0 fully saturated rings. The van der Waals surface area contributed by atoms with Crippen molar-refractivity contribution in [3.05, 3.63) is 24.3 Å². The van der Waals surface area contributed by atoms with Gasteiger partial charge in [-0.2, -0.15) is 0 Å². The summed E-state index contributed by atoms with van der Waals surface area (Å²) in [6, 6.07) is 5.51. The predicted octanol–water partition coefficient (Wildman–Crippen LogP) is 2.69. The number of phosphoric ester groups is 1. The molecule has 6 heteroatoms. The zero-order valence-corrected chi connectivity index (χ0v) is 9.89. The van der Waals surface area contributed by atoms with Crippen molar-refractivity contribution >= 4 is 7.82 Å². The van der Waals surface area contributed by atoms with E-state index in [2.05, 4.69) is 0 Å². The van der Waals surface area contributed by atoms with Gasteiger partial charge in [-0.25, -0.2) is 4.57 Å². The van der Waals surface area contributed by atoms with Crippen molar-refractivity contribution in [2.24, 2.45) is 0 Å². The van der Waals surface area contributed by atoms with Crippen molar-refractivity contribution < 1.29 is 23.6 Å². The Morgan fingerprint density at radius 1 is 1.31 bits per heavy atom. The van der Waals surface area contributed by atoms with Crippen LogP contribution in [0.5, 0.6) is 11.5 Å². The standard InChI is InChI=1S/C10H15O5P/c1-2-3-8-14-16(12,13)15-10-6-4-9(11)5-7-10/h4-7,11H,2-3,8H2,1H3,(H,12,13). The van der Waals surface area contributed by atoms with Gasteiger partial charge in [0.15, 0.2) is 0 Å². The third-order valence-corrected chi connectivity index (χ3v) is 2.76. The quantitative estimate of drug-likeness (QED) is 0.596. The fraction of sp³-hybridized carbons (Fsp3) is 0.400. The molecule has 0 aromatic heterocycles. The number of benzene rings is 1. The lowest BCUT2D eigenvalue weighted by atomic mass is 10.3. The molecular formula is C10H15O5P. The van der Waals surface area contributed by atoms with Crippen LogP contribution >= 0.6 is 7.82 Å². The molecule has 0 aliphatic heterocycles. The number of phosphoric acid groups is 1. The number of hydrogen-bond acceptors (Lipinski definition) is 4. The summed E-state index contributed by atoms with van der Waals surface area (Å²) in [6.07, 6.45) is 1.57. The first-order valence-electron chi connectivity index (χ1n) is 4.99. The maximum absolute atomic E-state index is 11.4. The molecule has 1 rings (SSSR count). The smallest absolute Gasteiger partial charge is 0.508 e. The Kier molecular flexibility index (Phi) is 4.80. The molecule has 0 aliphatic rings. The lowest BCUT2D eigenvalue weighted by molar-refractivity contribution is 0.200. The first kappa shape index (κ1) is 13.0. The summed E-state index contributed by atoms with van der Waals surface area (Å²) in [5.74, 6) is 0.243. The van der Waals surface area contributed by atoms with Gasteiger partial charge in [0.2, 0.25) is 0 Å². The fourth-order valence-electron chi connectivity index (χ4n) is 0.991. The number of unbranched alkanes of at least 4 members (excludes halogenated alkanes) is 1. The molecule has 2 N–H and O–H groups in total. The molecule has 1 aromatic carbocycles. The molecule has 90 valence electrons. The van der Waals surface area contributed by atoms with Crippen molar-refractivity contribution in [2.75, 3.05) is 6.61 Å². The van der Waals surface area contributed by atoms with E-state index in [0.717, 1.165) is 6.42 Å². The lowest BCUT2D eigenvalue weighted by Gasteiger charge is -2.12. The van der Waals surface area contributed by atoms with Crippen LogP contribution in [-0.2, 0) is 9.09 Å². The monoisotopic (exact) mass is 246 g/mol. The molecule has 0 saturated heterocycles. The zero-order valence-electron chi connectivity index (χ0n) is 9.00. The van der Waals surface area contributed by atoms with Gasteiger partial charge in [0.1, 0.15) is 11.5 Å². The number of rotatable bonds is 6. The first-order chi connectivity index (χ1) is 7.53. The number of hydrogen-bond donors (Lipinski definition) is 2. The average Bonchev–Trinajstić information content (AvgIpc) is 2.21. The molecule has 1 unspecified atom stereocenters. The van der Waals surface area contributed by atoms with E-state index < -0.39 is 7.82 Å². The van der Waals surface area contributed by atoms with Crippen LogP contribution in [0.4, 0.5) is 0 Å². The van der Waals surface area contributed by atoms with Gasteiger partial charge < -0.3 is 9.63 Å². The third kappa shape index (κ3) is 4.66. The summed E-state index contributed by atoms with van der Waals surface area (Å²) in [5.41, 5.74) is 0. The second-order valence-corrected chi connectivity index (χ2v) is 4.62. The maximum Gasteiger partial charge on any atom is 0.527 e. The van der Waals surface area contributed by atoms with Gasteiger partial charge in [-0.05, 0) is 30.7 Å². The van der Waals surface area contributed by atoms with Crippen LogP contribution in [0, 0.1) is 0 Å². The van der Waals surface area contributed by atoms with Crippen LogP contribution in [-0.4, -0.2) is 16.6 Å². The van der Waals surface area contributed by atoms with E-state index in [4.69, 9.17) is 14.2 Å². The van der Waals surface area contributed by atoms with Gasteiger partial charge in [-0.15, -0.1) is 0 Å². The van der Waals surface area contributed by atoms with Crippen molar-refractivity contribution in [3.8, 4) is 11.5 Å². The Labute approximate surface area is 94.3 Å². The van der Waals surface area contributed by atoms with E-state index in [9.17, 15) is 9.46 Å². The number of aromatic hydroxyl groups is 1. The summed E-state index contributed by atoms with van der Waals surface area (Å²) < 4.78 is 20.9. The summed E-state index contributed by atoms with van der Waals surface area (Å²) in [7, 11) is -4.04. The summed E-state index contributed by atoms with van der Waals surface area (Å²) >= 11 is 0. The highest BCUT2D eigenvalue weighted by molar-refractivity contribution is 7.47. The van der Waals surface area contributed by atoms with Gasteiger partial charge in [-0.1, -0.05) is 13.3 Å². The molecule has 1 atom stereocenters. The minimum atomic E-state index is -4.04. The Morgan fingerprint density at radius 3 is 2.50 bits per heavy atom. The molecule has 1 aromatic rings. The van der Waals surface area contributed by atoms with Crippen LogP contribution in [0.2, 0.25) is 0 Å². The molecule has 0 amide bonds. The van der Waals surface area contributed by atoms with E-state index in [-0.39, 0.29) is 18.1 Å². The molecule has 0 aliphatic carbocycles. The summed E-state index contributed by atoms with van der Waals surface area (Å²) in [4.78, 5) is 9.31. The van der Waals surface area contributed by atoms with Gasteiger partial charge in [0, 0.05) is 0 Å². The molecule has 0 saturated carbocycles. The summed E-state index contributed by atoms with van der Waals surface area (Å²) in [6.45, 7) is 2.13. The maximum atomic E-state index is 11.4. The van der Waals surface area contributed by atoms with Crippen molar-refractivity contribution in [1.82, 2.24) is 0 Å². The zero-order chi connectivity index (χ0) is 12.0. The Bertz CT molecular complexity index is 362. The highest BCUT2D eigenvalue weighted by Gasteiger charge is 2.22. The highest BCUT2D eigenvalue weighted by Crippen LogP contribution is 2.44. The molecule has 5 nitrogen and oxygen atoms in total.